The van der Waals surface area contributed by atoms with E-state index < -0.39 is 0 Å². The van der Waals surface area contributed by atoms with Gasteiger partial charge in [0.2, 0.25) is 0 Å². The van der Waals surface area contributed by atoms with Crippen LogP contribution in [-0.4, -0.2) is 13.2 Å². The van der Waals surface area contributed by atoms with Crippen molar-refractivity contribution in [2.24, 2.45) is 0 Å². The van der Waals surface area contributed by atoms with Gasteiger partial charge in [-0.1, -0.05) is 6.92 Å². The third kappa shape index (κ3) is 7.50. The molecule has 2 heteroatoms. The molecule has 0 heterocycles. The maximum absolute atomic E-state index is 9.94. The third-order valence-electron chi connectivity index (χ3n) is 1.03. The van der Waals surface area contributed by atoms with E-state index in [9.17, 15) is 5.11 Å². The lowest BCUT2D eigenvalue weighted by Gasteiger charge is -1.94. The molecular weight excluding hydrogens is 128 g/mol. The summed E-state index contributed by atoms with van der Waals surface area (Å²) in [7, 11) is 0. The molecule has 0 unspecified atom stereocenters. The lowest BCUT2D eigenvalue weighted by atomic mass is 10.3. The molecule has 0 aliphatic rings. The molecule has 0 aromatic heterocycles. The summed E-state index contributed by atoms with van der Waals surface area (Å²) >= 11 is 0. The highest BCUT2D eigenvalue weighted by Crippen LogP contribution is 1.90. The maximum Gasteiger partial charge on any atom is 0.0870 e. The van der Waals surface area contributed by atoms with Crippen LogP contribution < -0.4 is 0 Å². The molecule has 0 saturated heterocycles. The molecule has 0 aromatic carbocycles. The Morgan fingerprint density at radius 2 is 2.30 bits per heavy atom. The number of allylic oxidation sites excluding steroid dienone is 1. The molecule has 10 heavy (non-hydrogen) atoms. The topological polar surface area (TPSA) is 29.1 Å². The molecule has 59 valence electrons. The standard InChI is InChI=1S/C8H15O2/c1-2-7-10-8-5-3-4-6-9/h5,8H,2-4,6-7H2,1H3. The molecule has 0 atom stereocenters. The van der Waals surface area contributed by atoms with Gasteiger partial charge in [-0.15, -0.1) is 0 Å². The van der Waals surface area contributed by atoms with Gasteiger partial charge in [-0.25, -0.2) is 5.11 Å². The quantitative estimate of drug-likeness (QED) is 0.413. The van der Waals surface area contributed by atoms with Crippen molar-refractivity contribution in [1.82, 2.24) is 0 Å². The predicted molar refractivity (Wildman–Crippen MR) is 40.2 cm³/mol. The number of unbranched alkanes of at least 4 members (excludes halogenated alkanes) is 1. The van der Waals surface area contributed by atoms with Gasteiger partial charge in [-0.2, -0.15) is 0 Å². The molecular formula is C8H15O2. The third-order valence-corrected chi connectivity index (χ3v) is 1.03. The van der Waals surface area contributed by atoms with Crippen LogP contribution in [-0.2, 0) is 9.84 Å². The Bertz CT molecular complexity index is 69.3. The summed E-state index contributed by atoms with van der Waals surface area (Å²) < 4.78 is 5.05. The fraction of sp³-hybridized carbons (Fsp3) is 0.750. The van der Waals surface area contributed by atoms with Crippen molar-refractivity contribution < 1.29 is 9.84 Å². The Hall–Kier alpha value is -0.500. The van der Waals surface area contributed by atoms with Crippen molar-refractivity contribution >= 4 is 0 Å². The summed E-state index contributed by atoms with van der Waals surface area (Å²) in [6.07, 6.45) is 6.16. The zero-order valence-corrected chi connectivity index (χ0v) is 6.51. The predicted octanol–water partition coefficient (Wildman–Crippen LogP) is 2.14. The molecule has 0 fully saturated rings. The first-order valence-corrected chi connectivity index (χ1v) is 3.76. The average Bonchev–Trinajstić information content (AvgIpc) is 1.97. The van der Waals surface area contributed by atoms with Gasteiger partial charge in [0, 0.05) is 0 Å². The van der Waals surface area contributed by atoms with Crippen LogP contribution in [0.3, 0.4) is 0 Å². The lowest BCUT2D eigenvalue weighted by molar-refractivity contribution is 0.189. The second-order valence-electron chi connectivity index (χ2n) is 2.09. The van der Waals surface area contributed by atoms with Crippen molar-refractivity contribution in [3.05, 3.63) is 12.3 Å². The summed E-state index contributed by atoms with van der Waals surface area (Å²) in [6, 6.07) is 0. The molecule has 0 bridgehead atoms. The fourth-order valence-electron chi connectivity index (χ4n) is 0.523. The van der Waals surface area contributed by atoms with E-state index in [1.54, 1.807) is 6.26 Å². The van der Waals surface area contributed by atoms with E-state index in [1.165, 1.54) is 0 Å². The van der Waals surface area contributed by atoms with Gasteiger partial charge in [0.25, 0.3) is 0 Å². The molecule has 0 aliphatic carbocycles. The summed E-state index contributed by atoms with van der Waals surface area (Å²) in [5, 5.41) is 9.94. The molecule has 0 N–H and O–H groups in total. The van der Waals surface area contributed by atoms with Crippen LogP contribution in [0.4, 0.5) is 0 Å². The Morgan fingerprint density at radius 1 is 1.50 bits per heavy atom. The van der Waals surface area contributed by atoms with Crippen molar-refractivity contribution in [2.45, 2.75) is 26.2 Å². The summed E-state index contributed by atoms with van der Waals surface area (Å²) in [5.74, 6) is 0. The van der Waals surface area contributed by atoms with Crippen LogP contribution in [0.25, 0.3) is 0 Å². The zero-order chi connectivity index (χ0) is 7.66. The van der Waals surface area contributed by atoms with Crippen molar-refractivity contribution in [3.63, 3.8) is 0 Å². The molecule has 0 spiro atoms. The van der Waals surface area contributed by atoms with E-state index in [0.717, 1.165) is 19.4 Å². The van der Waals surface area contributed by atoms with E-state index in [4.69, 9.17) is 4.74 Å². The van der Waals surface area contributed by atoms with Crippen molar-refractivity contribution in [2.75, 3.05) is 13.2 Å². The Labute approximate surface area is 62.5 Å². The molecule has 2 nitrogen and oxygen atoms in total. The van der Waals surface area contributed by atoms with Gasteiger partial charge in [-0.05, 0) is 25.3 Å². The number of rotatable bonds is 6. The number of hydrogen-bond acceptors (Lipinski definition) is 1. The SMILES string of the molecule is CCCOC=CCCC[O]. The first-order valence-electron chi connectivity index (χ1n) is 3.76. The first-order chi connectivity index (χ1) is 4.91. The van der Waals surface area contributed by atoms with Crippen LogP contribution in [0.15, 0.2) is 12.3 Å². The molecule has 0 aliphatic heterocycles. The van der Waals surface area contributed by atoms with Gasteiger partial charge in [0.05, 0.1) is 19.5 Å². The highest BCUT2D eigenvalue weighted by atomic mass is 16.5. The minimum atomic E-state index is 0.0120. The van der Waals surface area contributed by atoms with Gasteiger partial charge >= 0.3 is 0 Å². The highest BCUT2D eigenvalue weighted by Gasteiger charge is 1.79. The van der Waals surface area contributed by atoms with Crippen LogP contribution in [0, 0.1) is 0 Å². The molecule has 1 radical (unpaired) electrons. The highest BCUT2D eigenvalue weighted by molar-refractivity contribution is 4.72. The van der Waals surface area contributed by atoms with E-state index in [0.29, 0.717) is 6.42 Å². The summed E-state index contributed by atoms with van der Waals surface area (Å²) in [4.78, 5) is 0. The van der Waals surface area contributed by atoms with Crippen LogP contribution >= 0.6 is 0 Å². The van der Waals surface area contributed by atoms with Crippen LogP contribution in [0.1, 0.15) is 26.2 Å². The maximum atomic E-state index is 9.94. The van der Waals surface area contributed by atoms with Gasteiger partial charge in [0.15, 0.2) is 0 Å². The fourth-order valence-corrected chi connectivity index (χ4v) is 0.523. The van der Waals surface area contributed by atoms with Gasteiger partial charge < -0.3 is 4.74 Å². The van der Waals surface area contributed by atoms with Gasteiger partial charge in [-0.3, -0.25) is 0 Å². The Kier molecular flexibility index (Phi) is 8.07. The molecule has 0 aromatic rings. The molecule has 0 rings (SSSR count). The van der Waals surface area contributed by atoms with Crippen molar-refractivity contribution in [3.8, 4) is 0 Å². The Morgan fingerprint density at radius 3 is 2.90 bits per heavy atom. The van der Waals surface area contributed by atoms with E-state index in [1.807, 2.05) is 6.08 Å². The largest absolute Gasteiger partial charge is 0.502 e. The normalized spacial score (nSPS) is 10.6. The van der Waals surface area contributed by atoms with Crippen LogP contribution in [0.2, 0.25) is 0 Å². The first kappa shape index (κ1) is 9.50. The zero-order valence-electron chi connectivity index (χ0n) is 6.51. The van der Waals surface area contributed by atoms with Gasteiger partial charge in [0.1, 0.15) is 0 Å². The van der Waals surface area contributed by atoms with E-state index in [-0.39, 0.29) is 6.61 Å². The van der Waals surface area contributed by atoms with E-state index in [2.05, 4.69) is 6.92 Å². The minimum absolute atomic E-state index is 0.0120. The molecule has 0 saturated carbocycles. The minimum Gasteiger partial charge on any atom is -0.502 e. The summed E-state index contributed by atoms with van der Waals surface area (Å²) in [6.45, 7) is 2.84. The van der Waals surface area contributed by atoms with Crippen LogP contribution in [0.5, 0.6) is 0 Å². The van der Waals surface area contributed by atoms with E-state index >= 15 is 0 Å². The lowest BCUT2D eigenvalue weighted by Crippen LogP contribution is -1.82. The monoisotopic (exact) mass is 143 g/mol. The molecule has 0 amide bonds. The van der Waals surface area contributed by atoms with Crippen molar-refractivity contribution in [1.29, 1.82) is 0 Å². The second kappa shape index (κ2) is 8.50. The smallest absolute Gasteiger partial charge is 0.0870 e. The average molecular weight is 143 g/mol. The second-order valence-corrected chi connectivity index (χ2v) is 2.09. The number of hydrogen-bond donors (Lipinski definition) is 0. The Balaban J connectivity index is 2.89. The number of ether oxygens (including phenoxy) is 1. The summed E-state index contributed by atoms with van der Waals surface area (Å²) in [5.41, 5.74) is 0.